The first-order valence-electron chi connectivity index (χ1n) is 6.01. The van der Waals surface area contributed by atoms with Crippen molar-refractivity contribution in [2.75, 3.05) is 0 Å². The summed E-state index contributed by atoms with van der Waals surface area (Å²) in [4.78, 5) is 11.8. The second-order valence-electron chi connectivity index (χ2n) is 4.89. The molecule has 88 valence electrons. The quantitative estimate of drug-likeness (QED) is 0.849. The largest absolute Gasteiger partial charge is 0.469 e. The third kappa shape index (κ3) is 2.95. The Morgan fingerprint density at radius 2 is 2.12 bits per heavy atom. The maximum atomic E-state index is 11.8. The van der Waals surface area contributed by atoms with Gasteiger partial charge in [0, 0.05) is 12.0 Å². The summed E-state index contributed by atoms with van der Waals surface area (Å²) in [7, 11) is 0. The van der Waals surface area contributed by atoms with Gasteiger partial charge in [0.15, 0.2) is 0 Å². The maximum Gasteiger partial charge on any atom is 0.142 e. The Bertz CT molecular complexity index is 337. The Morgan fingerprint density at radius 1 is 1.38 bits per heavy atom. The summed E-state index contributed by atoms with van der Waals surface area (Å²) in [6, 6.07) is 3.64. The molecule has 2 rings (SSSR count). The van der Waals surface area contributed by atoms with Gasteiger partial charge in [-0.3, -0.25) is 4.79 Å². The lowest BCUT2D eigenvalue weighted by atomic mass is 9.79. The van der Waals surface area contributed by atoms with Crippen molar-refractivity contribution in [1.82, 2.24) is 0 Å². The summed E-state index contributed by atoms with van der Waals surface area (Å²) in [5.74, 6) is 0.934. The van der Waals surface area contributed by atoms with Crippen LogP contribution in [0.4, 0.5) is 0 Å². The predicted molar refractivity (Wildman–Crippen MR) is 62.0 cm³/mol. The molecule has 1 fully saturated rings. The predicted octanol–water partition coefficient (Wildman–Crippen LogP) is 2.44. The standard InChI is InChI=1S/C13H19NO2/c14-13(6-2-1-3-7-13)10-11(15)9-12-5-4-8-16-12/h4-5,8H,1-3,6-7,9-10,14H2. The average molecular weight is 221 g/mol. The first kappa shape index (κ1) is 11.4. The number of hydrogen-bond acceptors (Lipinski definition) is 3. The highest BCUT2D eigenvalue weighted by atomic mass is 16.3. The molecular weight excluding hydrogens is 202 g/mol. The van der Waals surface area contributed by atoms with Crippen LogP contribution in [0, 0.1) is 0 Å². The summed E-state index contributed by atoms with van der Waals surface area (Å²) >= 11 is 0. The molecule has 1 aromatic heterocycles. The molecule has 0 aromatic carbocycles. The van der Waals surface area contributed by atoms with Crippen LogP contribution in [0.25, 0.3) is 0 Å². The van der Waals surface area contributed by atoms with Crippen LogP contribution < -0.4 is 5.73 Å². The van der Waals surface area contributed by atoms with Crippen molar-refractivity contribution in [3.05, 3.63) is 24.2 Å². The normalized spacial score (nSPS) is 19.6. The van der Waals surface area contributed by atoms with Gasteiger partial charge in [-0.2, -0.15) is 0 Å². The van der Waals surface area contributed by atoms with Gasteiger partial charge in [-0.05, 0) is 25.0 Å². The maximum absolute atomic E-state index is 11.8. The van der Waals surface area contributed by atoms with Crippen LogP contribution in [0.3, 0.4) is 0 Å². The lowest BCUT2D eigenvalue weighted by Crippen LogP contribution is -2.43. The Kier molecular flexibility index (Phi) is 3.44. The molecule has 0 spiro atoms. The van der Waals surface area contributed by atoms with Crippen molar-refractivity contribution in [2.24, 2.45) is 5.73 Å². The minimum absolute atomic E-state index is 0.194. The number of nitrogens with two attached hydrogens (primary N) is 1. The lowest BCUT2D eigenvalue weighted by Gasteiger charge is -2.32. The van der Waals surface area contributed by atoms with E-state index in [0.717, 1.165) is 31.4 Å². The van der Waals surface area contributed by atoms with Gasteiger partial charge < -0.3 is 10.2 Å². The van der Waals surface area contributed by atoms with Crippen molar-refractivity contribution >= 4 is 5.78 Å². The van der Waals surface area contributed by atoms with Crippen molar-refractivity contribution in [3.8, 4) is 0 Å². The molecular formula is C13H19NO2. The zero-order chi connectivity index (χ0) is 11.4. The number of carbonyl (C=O) groups excluding carboxylic acids is 1. The third-order valence-corrected chi connectivity index (χ3v) is 3.35. The fraction of sp³-hybridized carbons (Fsp3) is 0.615. The first-order valence-corrected chi connectivity index (χ1v) is 6.01. The van der Waals surface area contributed by atoms with Gasteiger partial charge in [0.25, 0.3) is 0 Å². The number of furan rings is 1. The Hall–Kier alpha value is -1.09. The summed E-state index contributed by atoms with van der Waals surface area (Å²) in [6.45, 7) is 0. The minimum atomic E-state index is -0.248. The van der Waals surface area contributed by atoms with Gasteiger partial charge in [-0.15, -0.1) is 0 Å². The van der Waals surface area contributed by atoms with Crippen LogP contribution in [-0.4, -0.2) is 11.3 Å². The Labute approximate surface area is 96.0 Å². The van der Waals surface area contributed by atoms with Crippen molar-refractivity contribution < 1.29 is 9.21 Å². The van der Waals surface area contributed by atoms with Gasteiger partial charge in [0.1, 0.15) is 11.5 Å². The number of ketones is 1. The van der Waals surface area contributed by atoms with Crippen LogP contribution in [0.5, 0.6) is 0 Å². The van der Waals surface area contributed by atoms with Gasteiger partial charge in [0.2, 0.25) is 0 Å². The molecule has 0 bridgehead atoms. The molecule has 0 saturated heterocycles. The van der Waals surface area contributed by atoms with Crippen LogP contribution in [0.1, 0.15) is 44.3 Å². The van der Waals surface area contributed by atoms with E-state index in [1.54, 1.807) is 12.3 Å². The minimum Gasteiger partial charge on any atom is -0.469 e. The molecule has 1 heterocycles. The van der Waals surface area contributed by atoms with E-state index in [-0.39, 0.29) is 11.3 Å². The van der Waals surface area contributed by atoms with Gasteiger partial charge >= 0.3 is 0 Å². The number of carbonyl (C=O) groups is 1. The Balaban J connectivity index is 1.86. The van der Waals surface area contributed by atoms with E-state index in [4.69, 9.17) is 10.2 Å². The number of Topliss-reactive ketones (excluding diaryl/α,β-unsaturated/α-hetero) is 1. The molecule has 0 aliphatic heterocycles. The molecule has 2 N–H and O–H groups in total. The van der Waals surface area contributed by atoms with Crippen LogP contribution in [0.2, 0.25) is 0 Å². The third-order valence-electron chi connectivity index (χ3n) is 3.35. The molecule has 16 heavy (non-hydrogen) atoms. The molecule has 0 unspecified atom stereocenters. The topological polar surface area (TPSA) is 56.2 Å². The molecule has 1 aliphatic carbocycles. The summed E-state index contributed by atoms with van der Waals surface area (Å²) in [5.41, 5.74) is 5.99. The second-order valence-corrected chi connectivity index (χ2v) is 4.89. The molecule has 0 atom stereocenters. The molecule has 3 heteroatoms. The molecule has 0 amide bonds. The molecule has 1 aromatic rings. The van der Waals surface area contributed by atoms with E-state index in [1.165, 1.54) is 6.42 Å². The van der Waals surface area contributed by atoms with Gasteiger partial charge in [-0.25, -0.2) is 0 Å². The van der Waals surface area contributed by atoms with Gasteiger partial charge in [-0.1, -0.05) is 19.3 Å². The van der Waals surface area contributed by atoms with Crippen molar-refractivity contribution in [3.63, 3.8) is 0 Å². The lowest BCUT2D eigenvalue weighted by molar-refractivity contribution is -0.120. The fourth-order valence-corrected chi connectivity index (χ4v) is 2.50. The van der Waals surface area contributed by atoms with Crippen molar-refractivity contribution in [1.29, 1.82) is 0 Å². The van der Waals surface area contributed by atoms with E-state index in [2.05, 4.69) is 0 Å². The Morgan fingerprint density at radius 3 is 2.75 bits per heavy atom. The highest BCUT2D eigenvalue weighted by Gasteiger charge is 2.29. The smallest absolute Gasteiger partial charge is 0.142 e. The van der Waals surface area contributed by atoms with Gasteiger partial charge in [0.05, 0.1) is 12.7 Å². The zero-order valence-electron chi connectivity index (χ0n) is 9.58. The molecule has 1 aliphatic rings. The fourth-order valence-electron chi connectivity index (χ4n) is 2.50. The van der Waals surface area contributed by atoms with Crippen LogP contribution in [-0.2, 0) is 11.2 Å². The highest BCUT2D eigenvalue weighted by molar-refractivity contribution is 5.81. The molecule has 3 nitrogen and oxygen atoms in total. The highest BCUT2D eigenvalue weighted by Crippen LogP contribution is 2.29. The van der Waals surface area contributed by atoms with E-state index in [0.29, 0.717) is 12.8 Å². The summed E-state index contributed by atoms with van der Waals surface area (Å²) < 4.78 is 5.16. The second kappa shape index (κ2) is 4.83. The summed E-state index contributed by atoms with van der Waals surface area (Å²) in [6.07, 6.45) is 8.01. The monoisotopic (exact) mass is 221 g/mol. The van der Waals surface area contributed by atoms with E-state index in [1.807, 2.05) is 6.07 Å². The number of hydrogen-bond donors (Lipinski definition) is 1. The molecule has 0 radical (unpaired) electrons. The molecule has 1 saturated carbocycles. The van der Waals surface area contributed by atoms with E-state index < -0.39 is 0 Å². The SMILES string of the molecule is NC1(CC(=O)Cc2ccco2)CCCCC1. The zero-order valence-corrected chi connectivity index (χ0v) is 9.58. The van der Waals surface area contributed by atoms with Crippen LogP contribution >= 0.6 is 0 Å². The van der Waals surface area contributed by atoms with Crippen LogP contribution in [0.15, 0.2) is 22.8 Å². The van der Waals surface area contributed by atoms with E-state index >= 15 is 0 Å². The number of rotatable bonds is 4. The van der Waals surface area contributed by atoms with E-state index in [9.17, 15) is 4.79 Å². The van der Waals surface area contributed by atoms with Crippen molar-refractivity contribution in [2.45, 2.75) is 50.5 Å². The average Bonchev–Trinajstić information content (AvgIpc) is 2.70. The summed E-state index contributed by atoms with van der Waals surface area (Å²) in [5, 5.41) is 0. The first-order chi connectivity index (χ1) is 7.68.